The van der Waals surface area contributed by atoms with Crippen LogP contribution in [0.1, 0.15) is 32.8 Å². The molecule has 2 heterocycles. The maximum atomic E-state index is 14.1. The highest BCUT2D eigenvalue weighted by atomic mass is 32.1. The lowest BCUT2D eigenvalue weighted by molar-refractivity contribution is 0.0991. The largest absolute Gasteiger partial charge is 0.483 e. The number of hydrogen-bond donors (Lipinski definition) is 1. The summed E-state index contributed by atoms with van der Waals surface area (Å²) in [4.78, 5) is 19.6. The fourth-order valence-corrected chi connectivity index (χ4v) is 2.96. The van der Waals surface area contributed by atoms with E-state index in [1.807, 2.05) is 5.38 Å². The number of rotatable bonds is 7. The Balaban J connectivity index is 1.61. The van der Waals surface area contributed by atoms with Crippen LogP contribution >= 0.6 is 11.3 Å². The fraction of sp³-hybridized carbons (Fsp3) is 0.250. The Morgan fingerprint density at radius 1 is 1.31 bits per heavy atom. The standard InChI is InChI=1S/C16H14F2N4O3S/c1-8-20-12(25-22-8)5-2-9-7-26-13(21-9)6-24-11-4-3-10(17)14(15(11)18)16(19)23/h3-4,7H,2,5-6H2,1H3,(H2,19,23). The molecule has 0 unspecified atom stereocenters. The second-order valence-electron chi connectivity index (χ2n) is 5.36. The molecular formula is C16H14F2N4O3S. The van der Waals surface area contributed by atoms with Gasteiger partial charge < -0.3 is 15.0 Å². The number of halogens is 2. The first-order chi connectivity index (χ1) is 12.4. The van der Waals surface area contributed by atoms with Crippen LogP contribution in [0.2, 0.25) is 0 Å². The Morgan fingerprint density at radius 2 is 2.12 bits per heavy atom. The van der Waals surface area contributed by atoms with Gasteiger partial charge in [-0.3, -0.25) is 4.79 Å². The Kier molecular flexibility index (Phi) is 5.21. The Labute approximate surface area is 150 Å². The second-order valence-corrected chi connectivity index (χ2v) is 6.30. The third kappa shape index (κ3) is 4.02. The first kappa shape index (κ1) is 17.9. The number of carbonyl (C=O) groups is 1. The van der Waals surface area contributed by atoms with Crippen molar-refractivity contribution >= 4 is 17.2 Å². The van der Waals surface area contributed by atoms with Crippen molar-refractivity contribution in [1.82, 2.24) is 15.1 Å². The van der Waals surface area contributed by atoms with Crippen LogP contribution in [0.3, 0.4) is 0 Å². The van der Waals surface area contributed by atoms with E-state index in [0.717, 1.165) is 17.8 Å². The predicted octanol–water partition coefficient (Wildman–Crippen LogP) is 2.58. The van der Waals surface area contributed by atoms with Gasteiger partial charge in [0.2, 0.25) is 5.89 Å². The minimum atomic E-state index is -1.20. The minimum absolute atomic E-state index is 0.0227. The molecule has 7 nitrogen and oxygen atoms in total. The SMILES string of the molecule is Cc1noc(CCc2csc(COc3ccc(F)c(C(N)=O)c3F)n2)n1. The number of thiazole rings is 1. The molecule has 2 aromatic heterocycles. The van der Waals surface area contributed by atoms with Crippen LogP contribution in [0.15, 0.2) is 22.0 Å². The van der Waals surface area contributed by atoms with Crippen LogP contribution in [-0.4, -0.2) is 21.0 Å². The van der Waals surface area contributed by atoms with E-state index in [-0.39, 0.29) is 12.4 Å². The zero-order valence-corrected chi connectivity index (χ0v) is 14.5. The van der Waals surface area contributed by atoms with Gasteiger partial charge in [-0.1, -0.05) is 5.16 Å². The number of aryl methyl sites for hydroxylation is 3. The molecule has 0 aliphatic rings. The van der Waals surface area contributed by atoms with Crippen LogP contribution in [0.25, 0.3) is 0 Å². The van der Waals surface area contributed by atoms with Gasteiger partial charge in [0.1, 0.15) is 23.0 Å². The average Bonchev–Trinajstić information content (AvgIpc) is 3.21. The van der Waals surface area contributed by atoms with Crippen molar-refractivity contribution in [2.45, 2.75) is 26.4 Å². The third-order valence-corrected chi connectivity index (χ3v) is 4.29. The van der Waals surface area contributed by atoms with E-state index in [2.05, 4.69) is 15.1 Å². The summed E-state index contributed by atoms with van der Waals surface area (Å²) in [6.07, 6.45) is 1.16. The Morgan fingerprint density at radius 3 is 2.81 bits per heavy atom. The monoisotopic (exact) mass is 380 g/mol. The summed E-state index contributed by atoms with van der Waals surface area (Å²) in [5, 5.41) is 6.16. The Hall–Kier alpha value is -2.88. The number of hydrogen-bond acceptors (Lipinski definition) is 7. The Bertz CT molecular complexity index is 941. The van der Waals surface area contributed by atoms with Crippen LogP contribution in [0, 0.1) is 18.6 Å². The molecule has 0 aliphatic heterocycles. The lowest BCUT2D eigenvalue weighted by Gasteiger charge is -2.08. The molecule has 0 atom stereocenters. The highest BCUT2D eigenvalue weighted by Crippen LogP contribution is 2.24. The van der Waals surface area contributed by atoms with Crippen molar-refractivity contribution in [3.63, 3.8) is 0 Å². The first-order valence-corrected chi connectivity index (χ1v) is 8.45. The van der Waals surface area contributed by atoms with E-state index in [4.69, 9.17) is 15.0 Å². The molecule has 0 radical (unpaired) electrons. The van der Waals surface area contributed by atoms with Gasteiger partial charge in [-0.2, -0.15) is 4.98 Å². The zero-order valence-electron chi connectivity index (χ0n) is 13.7. The molecule has 0 saturated carbocycles. The number of aromatic nitrogens is 3. The minimum Gasteiger partial charge on any atom is -0.483 e. The third-order valence-electron chi connectivity index (χ3n) is 3.42. The van der Waals surface area contributed by atoms with Crippen molar-refractivity contribution in [1.29, 1.82) is 0 Å². The van der Waals surface area contributed by atoms with Crippen LogP contribution in [-0.2, 0) is 19.4 Å². The highest BCUT2D eigenvalue weighted by molar-refractivity contribution is 7.09. The lowest BCUT2D eigenvalue weighted by atomic mass is 10.2. The summed E-state index contributed by atoms with van der Waals surface area (Å²) >= 11 is 1.34. The van der Waals surface area contributed by atoms with Gasteiger partial charge in [0, 0.05) is 11.8 Å². The molecule has 3 aromatic rings. The molecule has 1 aromatic carbocycles. The number of nitrogens with two attached hydrogens (primary N) is 1. The summed E-state index contributed by atoms with van der Waals surface area (Å²) < 4.78 is 37.9. The van der Waals surface area contributed by atoms with Crippen molar-refractivity contribution in [2.75, 3.05) is 0 Å². The first-order valence-electron chi connectivity index (χ1n) is 7.57. The summed E-state index contributed by atoms with van der Waals surface area (Å²) in [5.41, 5.74) is 4.96. The summed E-state index contributed by atoms with van der Waals surface area (Å²) in [7, 11) is 0. The molecule has 1 amide bonds. The van der Waals surface area contributed by atoms with Gasteiger partial charge in [-0.15, -0.1) is 11.3 Å². The van der Waals surface area contributed by atoms with E-state index < -0.39 is 23.1 Å². The maximum absolute atomic E-state index is 14.1. The number of primary amides is 1. The molecular weight excluding hydrogens is 366 g/mol. The number of nitrogens with zero attached hydrogens (tertiary/aromatic N) is 3. The summed E-state index contributed by atoms with van der Waals surface area (Å²) in [6.45, 7) is 1.72. The number of ether oxygens (including phenoxy) is 1. The molecule has 136 valence electrons. The smallest absolute Gasteiger partial charge is 0.254 e. The van der Waals surface area contributed by atoms with Crippen molar-refractivity contribution in [2.24, 2.45) is 5.73 Å². The van der Waals surface area contributed by atoms with Gasteiger partial charge in [0.15, 0.2) is 17.4 Å². The molecule has 2 N–H and O–H groups in total. The molecule has 0 saturated heterocycles. The topological polar surface area (TPSA) is 104 Å². The van der Waals surface area contributed by atoms with E-state index in [9.17, 15) is 13.6 Å². The zero-order chi connectivity index (χ0) is 18.7. The van der Waals surface area contributed by atoms with Crippen molar-refractivity contribution in [3.8, 4) is 5.75 Å². The molecule has 0 bridgehead atoms. The lowest BCUT2D eigenvalue weighted by Crippen LogP contribution is -2.16. The number of benzene rings is 1. The van der Waals surface area contributed by atoms with E-state index in [1.54, 1.807) is 6.92 Å². The van der Waals surface area contributed by atoms with Crippen LogP contribution in [0.4, 0.5) is 8.78 Å². The van der Waals surface area contributed by atoms with Crippen LogP contribution < -0.4 is 10.5 Å². The van der Waals surface area contributed by atoms with Crippen molar-refractivity contribution < 1.29 is 22.8 Å². The molecule has 0 spiro atoms. The number of carbonyl (C=O) groups excluding carboxylic acids is 1. The summed E-state index contributed by atoms with van der Waals surface area (Å²) in [6, 6.07) is 2.03. The second kappa shape index (κ2) is 7.56. The van der Waals surface area contributed by atoms with E-state index in [0.29, 0.717) is 29.6 Å². The van der Waals surface area contributed by atoms with Gasteiger partial charge >= 0.3 is 0 Å². The molecule has 3 rings (SSSR count). The fourth-order valence-electron chi connectivity index (χ4n) is 2.22. The number of amides is 1. The van der Waals surface area contributed by atoms with Gasteiger partial charge in [-0.25, -0.2) is 13.8 Å². The van der Waals surface area contributed by atoms with Gasteiger partial charge in [-0.05, 0) is 25.5 Å². The van der Waals surface area contributed by atoms with Crippen molar-refractivity contribution in [3.05, 3.63) is 57.1 Å². The highest BCUT2D eigenvalue weighted by Gasteiger charge is 2.19. The van der Waals surface area contributed by atoms with Gasteiger partial charge in [0.25, 0.3) is 5.91 Å². The molecule has 0 fully saturated rings. The predicted molar refractivity (Wildman–Crippen MR) is 87.8 cm³/mol. The normalized spacial score (nSPS) is 10.9. The van der Waals surface area contributed by atoms with Crippen LogP contribution in [0.5, 0.6) is 5.75 Å². The average molecular weight is 380 g/mol. The van der Waals surface area contributed by atoms with E-state index in [1.165, 1.54) is 11.3 Å². The molecule has 0 aliphatic carbocycles. The molecule has 26 heavy (non-hydrogen) atoms. The molecule has 10 heteroatoms. The maximum Gasteiger partial charge on any atom is 0.254 e. The van der Waals surface area contributed by atoms with Gasteiger partial charge in [0.05, 0.1) is 5.69 Å². The van der Waals surface area contributed by atoms with E-state index >= 15 is 0 Å². The quantitative estimate of drug-likeness (QED) is 0.676. The summed E-state index contributed by atoms with van der Waals surface area (Å²) in [5.74, 6) is -2.52.